The number of amides is 1. The van der Waals surface area contributed by atoms with Crippen molar-refractivity contribution in [2.75, 3.05) is 19.8 Å². The fraction of sp³-hybridized carbons (Fsp3) is 0.533. The minimum absolute atomic E-state index is 0.0965. The van der Waals surface area contributed by atoms with Crippen LogP contribution in [0.5, 0.6) is 0 Å². The van der Waals surface area contributed by atoms with E-state index in [1.165, 1.54) is 6.07 Å². The molecule has 1 saturated heterocycles. The summed E-state index contributed by atoms with van der Waals surface area (Å²) in [6, 6.07) is 4.81. The Bertz CT molecular complexity index is 550. The molecule has 1 N–H and O–H groups in total. The molecule has 112 valence electrons. The lowest BCUT2D eigenvalue weighted by Crippen LogP contribution is -2.38. The third-order valence-corrected chi connectivity index (χ3v) is 3.91. The van der Waals surface area contributed by atoms with Crippen molar-refractivity contribution in [3.63, 3.8) is 0 Å². The first kappa shape index (κ1) is 14.0. The summed E-state index contributed by atoms with van der Waals surface area (Å²) in [7, 11) is 0. The number of hydrogen-bond acceptors (Lipinski definition) is 4. The average Bonchev–Trinajstić information content (AvgIpc) is 3.20. The van der Waals surface area contributed by atoms with Gasteiger partial charge in [-0.3, -0.25) is 4.79 Å². The normalized spacial score (nSPS) is 21.2. The van der Waals surface area contributed by atoms with Crippen LogP contribution in [-0.2, 0) is 4.74 Å². The van der Waals surface area contributed by atoms with Crippen molar-refractivity contribution in [3.05, 3.63) is 29.6 Å². The largest absolute Gasteiger partial charge is 0.477 e. The van der Waals surface area contributed by atoms with E-state index in [4.69, 9.17) is 9.84 Å². The van der Waals surface area contributed by atoms with E-state index < -0.39 is 5.97 Å². The molecule has 0 spiro atoms. The third kappa shape index (κ3) is 3.21. The highest BCUT2D eigenvalue weighted by Gasteiger charge is 2.35. The van der Waals surface area contributed by atoms with Gasteiger partial charge in [-0.15, -0.1) is 0 Å². The van der Waals surface area contributed by atoms with Crippen LogP contribution in [0.15, 0.2) is 18.2 Å². The molecule has 6 heteroatoms. The number of rotatable bonds is 5. The summed E-state index contributed by atoms with van der Waals surface area (Å²) in [6.45, 7) is 2.12. The van der Waals surface area contributed by atoms with Crippen molar-refractivity contribution in [2.45, 2.75) is 25.3 Å². The van der Waals surface area contributed by atoms with Gasteiger partial charge in [0, 0.05) is 25.1 Å². The number of nitrogens with zero attached hydrogens (tertiary/aromatic N) is 2. The Labute approximate surface area is 122 Å². The maximum atomic E-state index is 12.6. The number of hydrogen-bond donors (Lipinski definition) is 1. The Balaban J connectivity index is 1.77. The SMILES string of the molecule is O=C(O)c1cccc(C(=O)N(C[C@H]2CCOC2)C2CC2)n1. The number of aromatic carboxylic acids is 1. The highest BCUT2D eigenvalue weighted by molar-refractivity contribution is 5.94. The molecule has 21 heavy (non-hydrogen) atoms. The van der Waals surface area contributed by atoms with Crippen molar-refractivity contribution >= 4 is 11.9 Å². The molecule has 1 aliphatic heterocycles. The molecule has 0 unspecified atom stereocenters. The molecule has 0 bridgehead atoms. The van der Waals surface area contributed by atoms with Crippen molar-refractivity contribution in [1.82, 2.24) is 9.88 Å². The minimum atomic E-state index is -1.12. The second kappa shape index (κ2) is 5.81. The van der Waals surface area contributed by atoms with Gasteiger partial charge in [0.1, 0.15) is 11.4 Å². The zero-order chi connectivity index (χ0) is 14.8. The van der Waals surface area contributed by atoms with Crippen LogP contribution in [0, 0.1) is 5.92 Å². The molecule has 1 atom stereocenters. The number of carboxylic acids is 1. The Morgan fingerprint density at radius 3 is 2.67 bits per heavy atom. The third-order valence-electron chi connectivity index (χ3n) is 3.91. The molecule has 3 rings (SSSR count). The van der Waals surface area contributed by atoms with E-state index in [1.54, 1.807) is 12.1 Å². The monoisotopic (exact) mass is 290 g/mol. The molecular formula is C15H18N2O4. The van der Waals surface area contributed by atoms with Crippen LogP contribution in [-0.4, -0.2) is 52.7 Å². The van der Waals surface area contributed by atoms with Gasteiger partial charge < -0.3 is 14.7 Å². The Morgan fingerprint density at radius 1 is 1.29 bits per heavy atom. The minimum Gasteiger partial charge on any atom is -0.477 e. The zero-order valence-corrected chi connectivity index (χ0v) is 11.7. The summed E-state index contributed by atoms with van der Waals surface area (Å²) < 4.78 is 5.36. The summed E-state index contributed by atoms with van der Waals surface area (Å²) in [5, 5.41) is 8.98. The molecule has 1 aliphatic carbocycles. The highest BCUT2D eigenvalue weighted by atomic mass is 16.5. The van der Waals surface area contributed by atoms with Crippen LogP contribution in [0.1, 0.15) is 40.2 Å². The summed E-state index contributed by atoms with van der Waals surface area (Å²) in [6.07, 6.45) is 3.00. The van der Waals surface area contributed by atoms with Gasteiger partial charge in [0.2, 0.25) is 0 Å². The van der Waals surface area contributed by atoms with Crippen LogP contribution < -0.4 is 0 Å². The lowest BCUT2D eigenvalue weighted by atomic mass is 10.1. The van der Waals surface area contributed by atoms with Gasteiger partial charge in [0.05, 0.1) is 6.61 Å². The van der Waals surface area contributed by atoms with Crippen LogP contribution in [0.3, 0.4) is 0 Å². The molecule has 2 heterocycles. The number of carbonyl (C=O) groups excluding carboxylic acids is 1. The molecule has 1 aromatic heterocycles. The number of ether oxygens (including phenoxy) is 1. The number of carbonyl (C=O) groups is 2. The van der Waals surface area contributed by atoms with E-state index >= 15 is 0 Å². The molecule has 2 aliphatic rings. The van der Waals surface area contributed by atoms with Crippen molar-refractivity contribution < 1.29 is 19.4 Å². The first-order valence-corrected chi connectivity index (χ1v) is 7.24. The van der Waals surface area contributed by atoms with Gasteiger partial charge in [-0.05, 0) is 31.4 Å². The summed E-state index contributed by atoms with van der Waals surface area (Å²) in [4.78, 5) is 29.4. The quantitative estimate of drug-likeness (QED) is 0.887. The Kier molecular flexibility index (Phi) is 3.88. The smallest absolute Gasteiger partial charge is 0.354 e. The fourth-order valence-electron chi connectivity index (χ4n) is 2.61. The van der Waals surface area contributed by atoms with Gasteiger partial charge in [-0.25, -0.2) is 9.78 Å². The molecule has 1 amide bonds. The van der Waals surface area contributed by atoms with Crippen LogP contribution >= 0.6 is 0 Å². The maximum Gasteiger partial charge on any atom is 0.354 e. The van der Waals surface area contributed by atoms with Gasteiger partial charge in [0.25, 0.3) is 5.91 Å². The second-order valence-corrected chi connectivity index (χ2v) is 5.63. The molecule has 0 radical (unpaired) electrons. The summed E-state index contributed by atoms with van der Waals surface area (Å²) >= 11 is 0. The van der Waals surface area contributed by atoms with E-state index in [9.17, 15) is 9.59 Å². The molecule has 0 aromatic carbocycles. The van der Waals surface area contributed by atoms with Gasteiger partial charge in [-0.1, -0.05) is 6.07 Å². The van der Waals surface area contributed by atoms with Crippen LogP contribution in [0.25, 0.3) is 0 Å². The van der Waals surface area contributed by atoms with Gasteiger partial charge >= 0.3 is 5.97 Å². The predicted molar refractivity (Wildman–Crippen MR) is 74.2 cm³/mol. The lowest BCUT2D eigenvalue weighted by Gasteiger charge is -2.24. The summed E-state index contributed by atoms with van der Waals surface area (Å²) in [5.41, 5.74) is 0.113. The number of pyridine rings is 1. The lowest BCUT2D eigenvalue weighted by molar-refractivity contribution is 0.0687. The molecule has 1 saturated carbocycles. The fourth-order valence-corrected chi connectivity index (χ4v) is 2.61. The van der Waals surface area contributed by atoms with E-state index in [1.807, 2.05) is 4.90 Å². The average molecular weight is 290 g/mol. The summed E-state index contributed by atoms with van der Waals surface area (Å²) in [5.74, 6) is -0.920. The molecule has 6 nitrogen and oxygen atoms in total. The first-order valence-electron chi connectivity index (χ1n) is 7.24. The first-order chi connectivity index (χ1) is 10.1. The standard InChI is InChI=1S/C15H18N2O4/c18-14(12-2-1-3-13(16-12)15(19)20)17(11-4-5-11)8-10-6-7-21-9-10/h1-3,10-11H,4-9H2,(H,19,20)/t10-/m1/s1. The Hall–Kier alpha value is -1.95. The van der Waals surface area contributed by atoms with Crippen LogP contribution in [0.2, 0.25) is 0 Å². The highest BCUT2D eigenvalue weighted by Crippen LogP contribution is 2.30. The second-order valence-electron chi connectivity index (χ2n) is 5.63. The topological polar surface area (TPSA) is 79.7 Å². The van der Waals surface area contributed by atoms with Gasteiger partial charge in [-0.2, -0.15) is 0 Å². The molecule has 1 aromatic rings. The van der Waals surface area contributed by atoms with Crippen molar-refractivity contribution in [1.29, 1.82) is 0 Å². The van der Waals surface area contributed by atoms with Crippen molar-refractivity contribution in [3.8, 4) is 0 Å². The van der Waals surface area contributed by atoms with E-state index in [0.29, 0.717) is 19.1 Å². The van der Waals surface area contributed by atoms with Gasteiger partial charge in [0.15, 0.2) is 0 Å². The zero-order valence-electron chi connectivity index (χ0n) is 11.7. The van der Waals surface area contributed by atoms with Crippen molar-refractivity contribution in [2.24, 2.45) is 5.92 Å². The number of aromatic nitrogens is 1. The predicted octanol–water partition coefficient (Wildman–Crippen LogP) is 1.42. The Morgan fingerprint density at radius 2 is 2.05 bits per heavy atom. The van der Waals surface area contributed by atoms with E-state index in [-0.39, 0.29) is 23.3 Å². The molecular weight excluding hydrogens is 272 g/mol. The molecule has 2 fully saturated rings. The van der Waals surface area contributed by atoms with E-state index in [2.05, 4.69) is 4.98 Å². The number of carboxylic acid groups (broad SMARTS) is 1. The van der Waals surface area contributed by atoms with Crippen LogP contribution in [0.4, 0.5) is 0 Å². The van der Waals surface area contributed by atoms with E-state index in [0.717, 1.165) is 25.9 Å². The maximum absolute atomic E-state index is 12.6.